The summed E-state index contributed by atoms with van der Waals surface area (Å²) in [6.45, 7) is 4.25. The zero-order valence-electron chi connectivity index (χ0n) is 16.1. The lowest BCUT2D eigenvalue weighted by Gasteiger charge is -2.26. The van der Waals surface area contributed by atoms with Crippen molar-refractivity contribution in [2.45, 2.75) is 0 Å². The Morgan fingerprint density at radius 1 is 1.23 bits per heavy atom. The van der Waals surface area contributed by atoms with Crippen molar-refractivity contribution < 1.29 is 9.53 Å². The summed E-state index contributed by atoms with van der Waals surface area (Å²) >= 11 is 7.77. The Morgan fingerprint density at radius 3 is 2.87 bits per heavy atom. The van der Waals surface area contributed by atoms with Gasteiger partial charge in [-0.3, -0.25) is 18.9 Å². The number of nitrogens with zero attached hydrogens (tertiary/aromatic N) is 3. The Balaban J connectivity index is 1.61. The first-order chi connectivity index (χ1) is 14.6. The number of benzene rings is 1. The smallest absolute Gasteiger partial charge is 0.258 e. The van der Waals surface area contributed by atoms with Crippen LogP contribution in [0.1, 0.15) is 10.4 Å². The van der Waals surface area contributed by atoms with E-state index >= 15 is 0 Å². The summed E-state index contributed by atoms with van der Waals surface area (Å²) < 4.78 is 8.18. The standard InChI is InChI=1S/C21H19ClN4O3S/c22-13-5-6-23-19-16(13)18(27)17(20(28)24-7-8-25-9-11-29-12-10-25)21-26(19)14-3-1-2-4-15(14)30-21/h1-6H,7-12H2,(H,24,28). The summed E-state index contributed by atoms with van der Waals surface area (Å²) in [6.07, 6.45) is 1.57. The van der Waals surface area contributed by atoms with Gasteiger partial charge in [-0.2, -0.15) is 0 Å². The van der Waals surface area contributed by atoms with Gasteiger partial charge in [0.1, 0.15) is 10.4 Å². The van der Waals surface area contributed by atoms with Gasteiger partial charge in [0.2, 0.25) is 5.43 Å². The fraction of sp³-hybridized carbons (Fsp3) is 0.286. The van der Waals surface area contributed by atoms with Gasteiger partial charge in [0.15, 0.2) is 5.65 Å². The van der Waals surface area contributed by atoms with Gasteiger partial charge in [0.25, 0.3) is 5.91 Å². The maximum Gasteiger partial charge on any atom is 0.258 e. The number of rotatable bonds is 4. The number of hydrogen-bond donors (Lipinski definition) is 1. The molecule has 1 saturated heterocycles. The number of amides is 1. The van der Waals surface area contributed by atoms with Crippen molar-refractivity contribution in [3.05, 3.63) is 57.3 Å². The van der Waals surface area contributed by atoms with Crippen molar-refractivity contribution in [1.29, 1.82) is 0 Å². The SMILES string of the molecule is O=C(NCCN1CCOCC1)c1c(=O)c2c(Cl)ccnc2n2c1sc1ccccc12. The van der Waals surface area contributed by atoms with E-state index in [1.54, 1.807) is 12.3 Å². The summed E-state index contributed by atoms with van der Waals surface area (Å²) in [7, 11) is 0. The van der Waals surface area contributed by atoms with Crippen LogP contribution in [0.15, 0.2) is 41.3 Å². The molecule has 0 spiro atoms. The molecule has 4 heterocycles. The molecule has 0 radical (unpaired) electrons. The third kappa shape index (κ3) is 3.26. The maximum atomic E-state index is 13.3. The van der Waals surface area contributed by atoms with Crippen LogP contribution in [0.4, 0.5) is 0 Å². The summed E-state index contributed by atoms with van der Waals surface area (Å²) in [5.41, 5.74) is 1.07. The van der Waals surface area contributed by atoms with Crippen LogP contribution in [0.25, 0.3) is 26.1 Å². The molecule has 9 heteroatoms. The average Bonchev–Trinajstić information content (AvgIpc) is 3.14. The fourth-order valence-electron chi connectivity index (χ4n) is 3.83. The molecule has 4 aromatic rings. The van der Waals surface area contributed by atoms with Gasteiger partial charge in [0, 0.05) is 32.4 Å². The van der Waals surface area contributed by atoms with Gasteiger partial charge in [-0.25, -0.2) is 4.98 Å². The van der Waals surface area contributed by atoms with Gasteiger partial charge < -0.3 is 10.1 Å². The maximum absolute atomic E-state index is 13.3. The number of aromatic nitrogens is 2. The second kappa shape index (κ2) is 7.96. The second-order valence-corrected chi connectivity index (χ2v) is 8.55. The highest BCUT2D eigenvalue weighted by Gasteiger charge is 2.23. The molecule has 0 bridgehead atoms. The Hall–Kier alpha value is -2.52. The van der Waals surface area contributed by atoms with E-state index in [1.807, 2.05) is 28.7 Å². The molecular weight excluding hydrogens is 424 g/mol. The minimum atomic E-state index is -0.390. The molecule has 1 N–H and O–H groups in total. The highest BCUT2D eigenvalue weighted by Crippen LogP contribution is 2.31. The number of para-hydroxylation sites is 1. The van der Waals surface area contributed by atoms with Crippen LogP contribution in [0.3, 0.4) is 0 Å². The number of carbonyl (C=O) groups is 1. The Labute approximate surface area is 180 Å². The van der Waals surface area contributed by atoms with Crippen LogP contribution in [-0.4, -0.2) is 59.6 Å². The van der Waals surface area contributed by atoms with Crippen molar-refractivity contribution in [3.63, 3.8) is 0 Å². The lowest BCUT2D eigenvalue weighted by atomic mass is 10.1. The van der Waals surface area contributed by atoms with Crippen LogP contribution >= 0.6 is 22.9 Å². The van der Waals surface area contributed by atoms with Crippen LogP contribution in [0, 0.1) is 0 Å². The number of carbonyl (C=O) groups excluding carboxylic acids is 1. The summed E-state index contributed by atoms with van der Waals surface area (Å²) in [6, 6.07) is 9.35. The highest BCUT2D eigenvalue weighted by atomic mass is 35.5. The Kier molecular flexibility index (Phi) is 5.16. The summed E-state index contributed by atoms with van der Waals surface area (Å²) in [5, 5.41) is 3.47. The molecule has 30 heavy (non-hydrogen) atoms. The van der Waals surface area contributed by atoms with E-state index in [0.29, 0.717) is 36.8 Å². The van der Waals surface area contributed by atoms with Crippen molar-refractivity contribution in [2.75, 3.05) is 39.4 Å². The van der Waals surface area contributed by atoms with Crippen LogP contribution in [0.5, 0.6) is 0 Å². The second-order valence-electron chi connectivity index (χ2n) is 7.12. The van der Waals surface area contributed by atoms with Gasteiger partial charge in [-0.1, -0.05) is 23.7 Å². The van der Waals surface area contributed by atoms with E-state index in [4.69, 9.17) is 16.3 Å². The van der Waals surface area contributed by atoms with E-state index in [9.17, 15) is 9.59 Å². The fourth-order valence-corrected chi connectivity index (χ4v) is 5.24. The third-order valence-electron chi connectivity index (χ3n) is 5.32. The number of thiazole rings is 1. The lowest BCUT2D eigenvalue weighted by Crippen LogP contribution is -2.42. The summed E-state index contributed by atoms with van der Waals surface area (Å²) in [4.78, 5) is 33.7. The number of nitrogens with one attached hydrogen (secondary N) is 1. The number of fused-ring (bicyclic) bond motifs is 5. The van der Waals surface area contributed by atoms with Crippen molar-refractivity contribution in [1.82, 2.24) is 19.6 Å². The molecule has 5 rings (SSSR count). The largest absolute Gasteiger partial charge is 0.379 e. The number of morpholine rings is 1. The van der Waals surface area contributed by atoms with Crippen LogP contribution < -0.4 is 10.7 Å². The van der Waals surface area contributed by atoms with Crippen molar-refractivity contribution in [2.24, 2.45) is 0 Å². The zero-order chi connectivity index (χ0) is 20.7. The van der Waals surface area contributed by atoms with Gasteiger partial charge in [0.05, 0.1) is 33.8 Å². The van der Waals surface area contributed by atoms with Gasteiger partial charge in [-0.05, 0) is 18.2 Å². The molecule has 0 atom stereocenters. The summed E-state index contributed by atoms with van der Waals surface area (Å²) in [5.74, 6) is -0.390. The minimum Gasteiger partial charge on any atom is -0.379 e. The Bertz CT molecular complexity index is 1330. The van der Waals surface area contributed by atoms with Crippen molar-refractivity contribution >= 4 is 54.9 Å². The molecule has 1 fully saturated rings. The van der Waals surface area contributed by atoms with Gasteiger partial charge >= 0.3 is 0 Å². The molecule has 1 aliphatic rings. The lowest BCUT2D eigenvalue weighted by molar-refractivity contribution is 0.0383. The van der Waals surface area contributed by atoms with E-state index in [0.717, 1.165) is 23.3 Å². The van der Waals surface area contributed by atoms with Gasteiger partial charge in [-0.15, -0.1) is 11.3 Å². The third-order valence-corrected chi connectivity index (χ3v) is 6.78. The molecule has 0 aliphatic carbocycles. The normalized spacial score (nSPS) is 15.2. The molecular formula is C21H19ClN4O3S. The topological polar surface area (TPSA) is 75.9 Å². The first kappa shape index (κ1) is 19.4. The molecule has 154 valence electrons. The van der Waals surface area contributed by atoms with E-state index < -0.39 is 5.43 Å². The van der Waals surface area contributed by atoms with E-state index in [1.165, 1.54) is 11.3 Å². The van der Waals surface area contributed by atoms with E-state index in [2.05, 4.69) is 15.2 Å². The number of pyridine rings is 2. The first-order valence-corrected chi connectivity index (χ1v) is 10.9. The highest BCUT2D eigenvalue weighted by molar-refractivity contribution is 7.24. The van der Waals surface area contributed by atoms with Crippen molar-refractivity contribution in [3.8, 4) is 0 Å². The monoisotopic (exact) mass is 442 g/mol. The molecule has 1 aliphatic heterocycles. The molecule has 1 amide bonds. The first-order valence-electron chi connectivity index (χ1n) is 9.74. The predicted molar refractivity (Wildman–Crippen MR) is 119 cm³/mol. The predicted octanol–water partition coefficient (Wildman–Crippen LogP) is 2.78. The molecule has 7 nitrogen and oxygen atoms in total. The molecule has 3 aromatic heterocycles. The zero-order valence-corrected chi connectivity index (χ0v) is 17.6. The number of halogens is 1. The van der Waals surface area contributed by atoms with Crippen LogP contribution in [0.2, 0.25) is 5.02 Å². The number of hydrogen-bond acceptors (Lipinski definition) is 6. The molecule has 0 unspecified atom stereocenters. The van der Waals surface area contributed by atoms with Crippen LogP contribution in [-0.2, 0) is 4.74 Å². The average molecular weight is 443 g/mol. The molecule has 1 aromatic carbocycles. The number of ether oxygens (including phenoxy) is 1. The van der Waals surface area contributed by atoms with E-state index in [-0.39, 0.29) is 21.9 Å². The quantitative estimate of drug-likeness (QED) is 0.526. The molecule has 0 saturated carbocycles. The minimum absolute atomic E-state index is 0.112. The Morgan fingerprint density at radius 2 is 2.03 bits per heavy atom.